The maximum atomic E-state index is 13.0. The van der Waals surface area contributed by atoms with Gasteiger partial charge >= 0.3 is 0 Å². The lowest BCUT2D eigenvalue weighted by Gasteiger charge is -2.34. The van der Waals surface area contributed by atoms with E-state index in [9.17, 15) is 9.90 Å². The molecule has 0 bridgehead atoms. The van der Waals surface area contributed by atoms with Crippen molar-refractivity contribution in [1.29, 1.82) is 0 Å². The predicted molar refractivity (Wildman–Crippen MR) is 122 cm³/mol. The molecular formula is C24H26N6O2. The standard InChI is InChI=1S/C24H26N6O2/c25-18-7-4-10-29(15-18)23-21(31)12-26-19-8-9-20(22(19)23)28-24(32)17-11-27-30(14-17)13-16-5-2-1-3-6-16/h1-3,5-6,9,11-12,14,18,31H,4,7-8,10,13,15,25H2,(H,28,32)/t18-/m1/s1. The number of aromatic nitrogens is 3. The first-order chi connectivity index (χ1) is 15.6. The van der Waals surface area contributed by atoms with Gasteiger partial charge in [-0.1, -0.05) is 36.4 Å². The van der Waals surface area contributed by atoms with Crippen LogP contribution in [0.5, 0.6) is 5.75 Å². The number of amides is 1. The SMILES string of the molecule is N[C@@H]1CCCN(c2c(O)cnc3c2C(NC(=O)c2cnn(Cc4ccccc4)c2)=CC3)C1. The number of allylic oxidation sites excluding steroid dienone is 1. The average molecular weight is 431 g/mol. The third-order valence-corrected chi connectivity index (χ3v) is 5.98. The Kier molecular flexibility index (Phi) is 5.36. The number of fused-ring (bicyclic) bond motifs is 1. The molecule has 1 amide bonds. The summed E-state index contributed by atoms with van der Waals surface area (Å²) in [5, 5.41) is 18.0. The second-order valence-electron chi connectivity index (χ2n) is 8.35. The number of rotatable bonds is 5. The van der Waals surface area contributed by atoms with Gasteiger partial charge in [-0.2, -0.15) is 5.10 Å². The van der Waals surface area contributed by atoms with Crippen molar-refractivity contribution in [2.24, 2.45) is 5.73 Å². The molecule has 1 saturated heterocycles. The molecule has 0 radical (unpaired) electrons. The van der Waals surface area contributed by atoms with Crippen molar-refractivity contribution in [2.75, 3.05) is 18.0 Å². The number of pyridine rings is 1. The molecule has 8 nitrogen and oxygen atoms in total. The number of carbonyl (C=O) groups excluding carboxylic acids is 1. The lowest BCUT2D eigenvalue weighted by atomic mass is 10.0. The first-order valence-electron chi connectivity index (χ1n) is 10.9. The van der Waals surface area contributed by atoms with Crippen molar-refractivity contribution in [2.45, 2.75) is 31.8 Å². The summed E-state index contributed by atoms with van der Waals surface area (Å²) in [6.07, 6.45) is 9.27. The van der Waals surface area contributed by atoms with Crippen LogP contribution >= 0.6 is 0 Å². The van der Waals surface area contributed by atoms with Gasteiger partial charge in [0.25, 0.3) is 5.91 Å². The maximum Gasteiger partial charge on any atom is 0.258 e. The van der Waals surface area contributed by atoms with Crippen LogP contribution in [0.2, 0.25) is 0 Å². The minimum absolute atomic E-state index is 0.0610. The van der Waals surface area contributed by atoms with E-state index in [0.29, 0.717) is 36.5 Å². The highest BCUT2D eigenvalue weighted by Crippen LogP contribution is 2.40. The predicted octanol–water partition coefficient (Wildman–Crippen LogP) is 2.29. The highest BCUT2D eigenvalue weighted by molar-refractivity contribution is 6.01. The summed E-state index contributed by atoms with van der Waals surface area (Å²) >= 11 is 0. The molecule has 2 aliphatic rings. The first-order valence-corrected chi connectivity index (χ1v) is 10.9. The van der Waals surface area contributed by atoms with Gasteiger partial charge in [-0.25, -0.2) is 0 Å². The van der Waals surface area contributed by atoms with Gasteiger partial charge in [0.05, 0.1) is 35.9 Å². The second kappa shape index (κ2) is 8.47. The van der Waals surface area contributed by atoms with Gasteiger partial charge < -0.3 is 21.1 Å². The molecule has 0 unspecified atom stereocenters. The summed E-state index contributed by atoms with van der Waals surface area (Å²) in [5.41, 5.74) is 10.8. The molecule has 0 spiro atoms. The molecule has 8 heteroatoms. The Morgan fingerprint density at radius 3 is 2.91 bits per heavy atom. The number of anilines is 1. The van der Waals surface area contributed by atoms with E-state index < -0.39 is 0 Å². The summed E-state index contributed by atoms with van der Waals surface area (Å²) in [6.45, 7) is 2.07. The van der Waals surface area contributed by atoms with E-state index in [0.717, 1.165) is 36.2 Å². The smallest absolute Gasteiger partial charge is 0.258 e. The Bertz CT molecular complexity index is 1170. The monoisotopic (exact) mass is 430 g/mol. The molecule has 3 heterocycles. The number of benzene rings is 1. The zero-order chi connectivity index (χ0) is 22.1. The van der Waals surface area contributed by atoms with Crippen LogP contribution in [0.4, 0.5) is 5.69 Å². The van der Waals surface area contributed by atoms with Crippen LogP contribution in [0.15, 0.2) is 55.0 Å². The first kappa shape index (κ1) is 20.3. The molecular weight excluding hydrogens is 404 g/mol. The van der Waals surface area contributed by atoms with Gasteiger partial charge in [-0.05, 0) is 18.4 Å². The summed E-state index contributed by atoms with van der Waals surface area (Å²) in [6, 6.07) is 10.0. The van der Waals surface area contributed by atoms with E-state index in [2.05, 4.69) is 20.3 Å². The Balaban J connectivity index is 1.36. The average Bonchev–Trinajstić information content (AvgIpc) is 3.42. The Hall–Kier alpha value is -3.65. The number of nitrogens with zero attached hydrogens (tertiary/aromatic N) is 4. The van der Waals surface area contributed by atoms with Gasteiger partial charge in [0.15, 0.2) is 5.75 Å². The highest BCUT2D eigenvalue weighted by Gasteiger charge is 2.29. The fraction of sp³-hybridized carbons (Fsp3) is 0.292. The molecule has 1 aliphatic heterocycles. The van der Waals surface area contributed by atoms with E-state index in [1.807, 2.05) is 36.4 Å². The summed E-state index contributed by atoms with van der Waals surface area (Å²) in [7, 11) is 0. The third kappa shape index (κ3) is 3.97. The molecule has 4 N–H and O–H groups in total. The summed E-state index contributed by atoms with van der Waals surface area (Å²) < 4.78 is 1.75. The number of aromatic hydroxyl groups is 1. The minimum atomic E-state index is -0.243. The molecule has 1 aromatic carbocycles. The molecule has 32 heavy (non-hydrogen) atoms. The van der Waals surface area contributed by atoms with E-state index in [-0.39, 0.29) is 17.7 Å². The molecule has 3 aromatic rings. The van der Waals surface area contributed by atoms with Crippen LogP contribution in [-0.4, -0.2) is 44.9 Å². The van der Waals surface area contributed by atoms with Crippen molar-refractivity contribution in [3.8, 4) is 5.75 Å². The number of hydrogen-bond donors (Lipinski definition) is 3. The minimum Gasteiger partial charge on any atom is -0.504 e. The van der Waals surface area contributed by atoms with E-state index in [4.69, 9.17) is 5.73 Å². The number of nitrogens with two attached hydrogens (primary N) is 1. The van der Waals surface area contributed by atoms with Crippen LogP contribution in [0.3, 0.4) is 0 Å². The Morgan fingerprint density at radius 1 is 1.25 bits per heavy atom. The molecule has 1 fully saturated rings. The molecule has 0 saturated carbocycles. The van der Waals surface area contributed by atoms with Gasteiger partial charge in [0.1, 0.15) is 0 Å². The van der Waals surface area contributed by atoms with Gasteiger partial charge in [0, 0.05) is 43.0 Å². The fourth-order valence-electron chi connectivity index (χ4n) is 4.45. The normalized spacial score (nSPS) is 17.7. The van der Waals surface area contributed by atoms with Crippen molar-refractivity contribution in [3.05, 3.63) is 77.4 Å². The maximum absolute atomic E-state index is 13.0. The zero-order valence-corrected chi connectivity index (χ0v) is 17.7. The van der Waals surface area contributed by atoms with Gasteiger partial charge in [0.2, 0.25) is 0 Å². The van der Waals surface area contributed by atoms with E-state index in [1.165, 1.54) is 6.20 Å². The van der Waals surface area contributed by atoms with Crippen molar-refractivity contribution in [1.82, 2.24) is 20.1 Å². The van der Waals surface area contributed by atoms with Crippen LogP contribution in [-0.2, 0) is 13.0 Å². The van der Waals surface area contributed by atoms with Crippen LogP contribution in [0.1, 0.15) is 40.0 Å². The highest BCUT2D eigenvalue weighted by atomic mass is 16.3. The third-order valence-electron chi connectivity index (χ3n) is 5.98. The van der Waals surface area contributed by atoms with E-state index >= 15 is 0 Å². The van der Waals surface area contributed by atoms with Crippen molar-refractivity contribution < 1.29 is 9.90 Å². The molecule has 1 aliphatic carbocycles. The Labute approximate surface area is 186 Å². The quantitative estimate of drug-likeness (QED) is 0.573. The zero-order valence-electron chi connectivity index (χ0n) is 17.7. The van der Waals surface area contributed by atoms with Gasteiger partial charge in [-0.15, -0.1) is 0 Å². The summed E-state index contributed by atoms with van der Waals surface area (Å²) in [4.78, 5) is 19.5. The lowest BCUT2D eigenvalue weighted by molar-refractivity contribution is 0.0973. The second-order valence-corrected chi connectivity index (χ2v) is 8.35. The number of carbonyl (C=O) groups is 1. The molecule has 1 atom stereocenters. The molecule has 5 rings (SSSR count). The van der Waals surface area contributed by atoms with Gasteiger partial charge in [-0.3, -0.25) is 14.5 Å². The lowest BCUT2D eigenvalue weighted by Crippen LogP contribution is -2.43. The molecule has 2 aromatic heterocycles. The largest absolute Gasteiger partial charge is 0.504 e. The fourth-order valence-corrected chi connectivity index (χ4v) is 4.45. The van der Waals surface area contributed by atoms with Crippen LogP contribution in [0.25, 0.3) is 5.70 Å². The summed E-state index contributed by atoms with van der Waals surface area (Å²) in [5.74, 6) is -0.136. The van der Waals surface area contributed by atoms with Crippen molar-refractivity contribution >= 4 is 17.3 Å². The van der Waals surface area contributed by atoms with Crippen LogP contribution in [0, 0.1) is 0 Å². The van der Waals surface area contributed by atoms with E-state index in [1.54, 1.807) is 17.1 Å². The number of piperidine rings is 1. The number of hydrogen-bond acceptors (Lipinski definition) is 6. The topological polar surface area (TPSA) is 109 Å². The molecule has 164 valence electrons. The number of nitrogens with one attached hydrogen (secondary N) is 1. The Morgan fingerprint density at radius 2 is 2.09 bits per heavy atom. The van der Waals surface area contributed by atoms with Crippen molar-refractivity contribution in [3.63, 3.8) is 0 Å². The van der Waals surface area contributed by atoms with Crippen LogP contribution < -0.4 is 16.0 Å².